The normalized spacial score (nSPS) is 29.8. The maximum absolute atomic E-state index is 12.8. The molecule has 0 N–H and O–H groups in total. The number of benzene rings is 1. The fourth-order valence-corrected chi connectivity index (χ4v) is 5.16. The third kappa shape index (κ3) is 3.02. The second-order valence-corrected chi connectivity index (χ2v) is 8.56. The molecule has 1 aliphatic heterocycles. The van der Waals surface area contributed by atoms with Crippen molar-refractivity contribution in [3.8, 4) is 0 Å². The van der Waals surface area contributed by atoms with Crippen molar-refractivity contribution < 1.29 is 23.9 Å². The summed E-state index contributed by atoms with van der Waals surface area (Å²) in [7, 11) is 0. The number of ketones is 1. The van der Waals surface area contributed by atoms with Gasteiger partial charge in [-0.15, -0.1) is 0 Å². The van der Waals surface area contributed by atoms with E-state index in [1.807, 2.05) is 0 Å². The van der Waals surface area contributed by atoms with Crippen LogP contribution in [-0.4, -0.2) is 41.1 Å². The number of ether oxygens (including phenoxy) is 1. The number of halogens is 1. The van der Waals surface area contributed by atoms with Crippen LogP contribution >= 0.6 is 15.9 Å². The summed E-state index contributed by atoms with van der Waals surface area (Å²) in [6, 6.07) is 5.72. The van der Waals surface area contributed by atoms with Crippen molar-refractivity contribution in [2.24, 2.45) is 23.7 Å². The van der Waals surface area contributed by atoms with Gasteiger partial charge < -0.3 is 4.74 Å². The Bertz CT molecular complexity index is 792. The van der Waals surface area contributed by atoms with Crippen molar-refractivity contribution in [2.45, 2.75) is 32.2 Å². The molecule has 1 aromatic rings. The first kappa shape index (κ1) is 18.3. The molecule has 27 heavy (non-hydrogen) atoms. The molecule has 0 spiro atoms. The van der Waals surface area contributed by atoms with Gasteiger partial charge in [-0.05, 0) is 50.2 Å². The van der Waals surface area contributed by atoms with Crippen molar-refractivity contribution in [2.75, 3.05) is 6.61 Å². The Morgan fingerprint density at radius 2 is 1.67 bits per heavy atom. The van der Waals surface area contributed by atoms with Crippen LogP contribution in [0.15, 0.2) is 28.7 Å². The Hall–Kier alpha value is -2.02. The molecule has 1 aromatic carbocycles. The van der Waals surface area contributed by atoms with Gasteiger partial charge in [0.15, 0.2) is 12.4 Å². The Morgan fingerprint density at radius 1 is 1.11 bits per heavy atom. The highest BCUT2D eigenvalue weighted by atomic mass is 79.9. The van der Waals surface area contributed by atoms with Gasteiger partial charge in [0, 0.05) is 10.0 Å². The van der Waals surface area contributed by atoms with E-state index in [2.05, 4.69) is 15.9 Å². The SMILES string of the molecule is C[C@H](C(=O)OCC(=O)c1ccc(Br)cc1)N1C(=O)[C@@H]2[C@@H]3CC[C@H](C3)[C@@H]2C1=O. The Balaban J connectivity index is 1.39. The maximum atomic E-state index is 12.8. The quantitative estimate of drug-likeness (QED) is 0.404. The van der Waals surface area contributed by atoms with Gasteiger partial charge >= 0.3 is 5.97 Å². The molecule has 2 bridgehead atoms. The summed E-state index contributed by atoms with van der Waals surface area (Å²) in [6.07, 6.45) is 2.92. The molecule has 5 atom stereocenters. The summed E-state index contributed by atoms with van der Waals surface area (Å²) in [5.41, 5.74) is 0.429. The Labute approximate surface area is 165 Å². The first-order chi connectivity index (χ1) is 12.9. The molecule has 3 fully saturated rings. The first-order valence-corrected chi connectivity index (χ1v) is 10.00. The minimum absolute atomic E-state index is 0.249. The lowest BCUT2D eigenvalue weighted by Gasteiger charge is -2.22. The third-order valence-electron chi connectivity index (χ3n) is 6.20. The summed E-state index contributed by atoms with van der Waals surface area (Å²) in [4.78, 5) is 51.1. The molecule has 2 saturated carbocycles. The molecular formula is C20H20BrNO5. The van der Waals surface area contributed by atoms with Crippen LogP contribution < -0.4 is 0 Å². The van der Waals surface area contributed by atoms with Crippen LogP contribution in [0.2, 0.25) is 0 Å². The van der Waals surface area contributed by atoms with Crippen LogP contribution in [-0.2, 0) is 19.1 Å². The van der Waals surface area contributed by atoms with E-state index >= 15 is 0 Å². The van der Waals surface area contributed by atoms with E-state index in [1.165, 1.54) is 6.92 Å². The molecular weight excluding hydrogens is 414 g/mol. The monoisotopic (exact) mass is 433 g/mol. The van der Waals surface area contributed by atoms with Crippen molar-refractivity contribution in [3.63, 3.8) is 0 Å². The average molecular weight is 434 g/mol. The smallest absolute Gasteiger partial charge is 0.329 e. The van der Waals surface area contributed by atoms with Gasteiger partial charge in [0.05, 0.1) is 11.8 Å². The first-order valence-electron chi connectivity index (χ1n) is 9.20. The van der Waals surface area contributed by atoms with Gasteiger partial charge in [-0.1, -0.05) is 28.1 Å². The minimum atomic E-state index is -1.01. The van der Waals surface area contributed by atoms with Gasteiger partial charge in [0.2, 0.25) is 11.8 Å². The summed E-state index contributed by atoms with van der Waals surface area (Å²) in [6.45, 7) is 1.07. The fourth-order valence-electron chi connectivity index (χ4n) is 4.90. The van der Waals surface area contributed by atoms with Crippen LogP contribution in [0.25, 0.3) is 0 Å². The van der Waals surface area contributed by atoms with Crippen LogP contribution in [0.4, 0.5) is 0 Å². The van der Waals surface area contributed by atoms with Crippen LogP contribution in [0.1, 0.15) is 36.5 Å². The van der Waals surface area contributed by atoms with Crippen molar-refractivity contribution in [1.29, 1.82) is 0 Å². The highest BCUT2D eigenvalue weighted by Gasteiger charge is 2.62. The Morgan fingerprint density at radius 3 is 2.22 bits per heavy atom. The zero-order valence-electron chi connectivity index (χ0n) is 14.9. The van der Waals surface area contributed by atoms with Gasteiger partial charge in [-0.2, -0.15) is 0 Å². The number of carbonyl (C=O) groups excluding carboxylic acids is 4. The molecule has 6 nitrogen and oxygen atoms in total. The third-order valence-corrected chi connectivity index (χ3v) is 6.73. The largest absolute Gasteiger partial charge is 0.456 e. The zero-order valence-corrected chi connectivity index (χ0v) is 16.5. The van der Waals surface area contributed by atoms with Crippen LogP contribution in [0.3, 0.4) is 0 Å². The summed E-state index contributed by atoms with van der Waals surface area (Å²) < 4.78 is 5.95. The number of nitrogens with zero attached hydrogens (tertiary/aromatic N) is 1. The van der Waals surface area contributed by atoms with E-state index in [0.717, 1.165) is 28.6 Å². The molecule has 0 aromatic heterocycles. The highest BCUT2D eigenvalue weighted by molar-refractivity contribution is 9.10. The second kappa shape index (κ2) is 6.86. The number of carbonyl (C=O) groups is 4. The van der Waals surface area contributed by atoms with Gasteiger partial charge in [-0.3, -0.25) is 19.3 Å². The standard InChI is InChI=1S/C20H20BrNO5/c1-10(20(26)27-9-15(23)11-4-6-14(21)7-5-11)22-18(24)16-12-2-3-13(8-12)17(16)19(22)25/h4-7,10,12-13,16-17H,2-3,8-9H2,1H3/t10-,12-,13-,16-,17+/m1/s1. The fraction of sp³-hybridized carbons (Fsp3) is 0.500. The number of imide groups is 1. The number of hydrogen-bond acceptors (Lipinski definition) is 5. The van der Waals surface area contributed by atoms with Gasteiger partial charge in [0.25, 0.3) is 0 Å². The maximum Gasteiger partial charge on any atom is 0.329 e. The average Bonchev–Trinajstić information content (AvgIpc) is 3.33. The van der Waals surface area contributed by atoms with Crippen molar-refractivity contribution in [3.05, 3.63) is 34.3 Å². The molecule has 0 unspecified atom stereocenters. The van der Waals surface area contributed by atoms with E-state index in [-0.39, 0.29) is 41.3 Å². The lowest BCUT2D eigenvalue weighted by Crippen LogP contribution is -2.45. The van der Waals surface area contributed by atoms with Crippen LogP contribution in [0.5, 0.6) is 0 Å². The van der Waals surface area contributed by atoms with Gasteiger partial charge in [-0.25, -0.2) is 4.79 Å². The van der Waals surface area contributed by atoms with E-state index in [4.69, 9.17) is 4.74 Å². The molecule has 1 heterocycles. The van der Waals surface area contributed by atoms with Crippen LogP contribution in [0, 0.1) is 23.7 Å². The number of amides is 2. The lowest BCUT2D eigenvalue weighted by atomic mass is 9.81. The topological polar surface area (TPSA) is 80.8 Å². The molecule has 7 heteroatoms. The number of rotatable bonds is 5. The number of esters is 1. The van der Waals surface area contributed by atoms with E-state index in [0.29, 0.717) is 5.56 Å². The van der Waals surface area contributed by atoms with Crippen molar-refractivity contribution in [1.82, 2.24) is 4.90 Å². The predicted octanol–water partition coefficient (Wildman–Crippen LogP) is 2.59. The zero-order chi connectivity index (χ0) is 19.3. The number of hydrogen-bond donors (Lipinski definition) is 0. The summed E-state index contributed by atoms with van der Waals surface area (Å²) >= 11 is 3.29. The molecule has 4 rings (SSSR count). The lowest BCUT2D eigenvalue weighted by molar-refractivity contribution is -0.157. The second-order valence-electron chi connectivity index (χ2n) is 7.65. The molecule has 2 amide bonds. The van der Waals surface area contributed by atoms with E-state index in [1.54, 1.807) is 24.3 Å². The number of fused-ring (bicyclic) bond motifs is 5. The number of Topliss-reactive ketones (excluding diaryl/α,β-unsaturated/α-hetero) is 1. The molecule has 2 aliphatic carbocycles. The predicted molar refractivity (Wildman–Crippen MR) is 98.6 cm³/mol. The molecule has 142 valence electrons. The summed E-state index contributed by atoms with van der Waals surface area (Å²) in [5.74, 6) is -1.56. The van der Waals surface area contributed by atoms with Gasteiger partial charge in [0.1, 0.15) is 6.04 Å². The van der Waals surface area contributed by atoms with E-state index < -0.39 is 18.6 Å². The number of likely N-dealkylation sites (tertiary alicyclic amines) is 1. The van der Waals surface area contributed by atoms with E-state index in [9.17, 15) is 19.2 Å². The summed E-state index contributed by atoms with van der Waals surface area (Å²) in [5, 5.41) is 0. The highest BCUT2D eigenvalue weighted by Crippen LogP contribution is 2.56. The van der Waals surface area contributed by atoms with Crippen molar-refractivity contribution >= 4 is 39.5 Å². The Kier molecular flexibility index (Phi) is 4.66. The molecule has 0 radical (unpaired) electrons. The minimum Gasteiger partial charge on any atom is -0.456 e. The molecule has 3 aliphatic rings. The molecule has 1 saturated heterocycles.